The summed E-state index contributed by atoms with van der Waals surface area (Å²) in [5.74, 6) is 0.802. The molecule has 0 aliphatic carbocycles. The van der Waals surface area contributed by atoms with Crippen LogP contribution in [-0.4, -0.2) is 54.1 Å². The minimum atomic E-state index is -0.0765. The largest absolute Gasteiger partial charge is 0.493 e. The van der Waals surface area contributed by atoms with Crippen LogP contribution in [0.4, 0.5) is 0 Å². The predicted molar refractivity (Wildman–Crippen MR) is 123 cm³/mol. The number of benzene rings is 2. The molecule has 1 N–H and O–H groups in total. The fourth-order valence-electron chi connectivity index (χ4n) is 4.00. The number of aryl methyl sites for hydroxylation is 1. The lowest BCUT2D eigenvalue weighted by Crippen LogP contribution is -2.46. The molecule has 0 saturated carbocycles. The molecule has 4 rings (SSSR count). The van der Waals surface area contributed by atoms with E-state index in [1.165, 1.54) is 5.56 Å². The quantitative estimate of drug-likeness (QED) is 0.579. The molecule has 6 heteroatoms. The van der Waals surface area contributed by atoms with Gasteiger partial charge >= 0.3 is 0 Å². The van der Waals surface area contributed by atoms with Crippen molar-refractivity contribution in [2.45, 2.75) is 19.9 Å². The Balaban J connectivity index is 1.19. The number of aromatic amines is 1. The Labute approximate surface area is 182 Å². The van der Waals surface area contributed by atoms with Crippen molar-refractivity contribution in [2.75, 3.05) is 39.3 Å². The Morgan fingerprint density at radius 2 is 1.73 bits per heavy atom. The molecule has 0 spiro atoms. The molecule has 2 heterocycles. The molecule has 0 radical (unpaired) electrons. The van der Waals surface area contributed by atoms with Crippen LogP contribution in [0.2, 0.25) is 5.02 Å². The Hall–Kier alpha value is -2.34. The van der Waals surface area contributed by atoms with E-state index in [4.69, 9.17) is 16.3 Å². The standard InChI is InChI=1S/C24H28ClN3O2/c1-18-15-24(29)26-23-16-21(7-8-22(18)23)30-14-2-9-27-10-12-28(13-11-27)17-19-3-5-20(25)6-4-19/h3-8,15-16H,2,9-14,17H2,1H3,(H,26,29). The second kappa shape index (κ2) is 9.65. The van der Waals surface area contributed by atoms with Gasteiger partial charge in [-0.25, -0.2) is 0 Å². The summed E-state index contributed by atoms with van der Waals surface area (Å²) in [7, 11) is 0. The first-order chi connectivity index (χ1) is 14.6. The molecule has 30 heavy (non-hydrogen) atoms. The van der Waals surface area contributed by atoms with E-state index in [-0.39, 0.29) is 5.56 Å². The second-order valence-corrected chi connectivity index (χ2v) is 8.41. The van der Waals surface area contributed by atoms with Crippen LogP contribution in [0.3, 0.4) is 0 Å². The van der Waals surface area contributed by atoms with Gasteiger partial charge in [0, 0.05) is 61.8 Å². The molecule has 2 aromatic carbocycles. The molecular weight excluding hydrogens is 398 g/mol. The van der Waals surface area contributed by atoms with Crippen LogP contribution in [0.1, 0.15) is 17.5 Å². The highest BCUT2D eigenvalue weighted by Crippen LogP contribution is 2.21. The van der Waals surface area contributed by atoms with Crippen molar-refractivity contribution in [3.63, 3.8) is 0 Å². The highest BCUT2D eigenvalue weighted by atomic mass is 35.5. The first-order valence-corrected chi connectivity index (χ1v) is 10.9. The first-order valence-electron chi connectivity index (χ1n) is 10.5. The smallest absolute Gasteiger partial charge is 0.248 e. The summed E-state index contributed by atoms with van der Waals surface area (Å²) >= 11 is 5.97. The summed E-state index contributed by atoms with van der Waals surface area (Å²) in [6, 6.07) is 15.7. The summed E-state index contributed by atoms with van der Waals surface area (Å²) in [4.78, 5) is 19.6. The third-order valence-corrected chi connectivity index (χ3v) is 5.95. The molecule has 1 saturated heterocycles. The number of nitrogens with zero attached hydrogens (tertiary/aromatic N) is 2. The Kier molecular flexibility index (Phi) is 6.72. The van der Waals surface area contributed by atoms with Gasteiger partial charge in [0.15, 0.2) is 0 Å². The molecule has 1 aromatic heterocycles. The number of halogens is 1. The second-order valence-electron chi connectivity index (χ2n) is 7.97. The highest BCUT2D eigenvalue weighted by molar-refractivity contribution is 6.30. The molecule has 1 aliphatic heterocycles. The number of ether oxygens (including phenoxy) is 1. The highest BCUT2D eigenvalue weighted by Gasteiger charge is 2.16. The molecule has 1 aliphatic rings. The monoisotopic (exact) mass is 425 g/mol. The SMILES string of the molecule is Cc1cc(=O)[nH]c2cc(OCCCN3CCN(Cc4ccc(Cl)cc4)CC3)ccc12. The summed E-state index contributed by atoms with van der Waals surface area (Å²) in [5.41, 5.74) is 3.05. The fraction of sp³-hybridized carbons (Fsp3) is 0.375. The van der Waals surface area contributed by atoms with Crippen molar-refractivity contribution in [1.82, 2.24) is 14.8 Å². The number of fused-ring (bicyclic) bond motifs is 1. The van der Waals surface area contributed by atoms with Crippen LogP contribution < -0.4 is 10.3 Å². The van der Waals surface area contributed by atoms with Gasteiger partial charge in [0.1, 0.15) is 5.75 Å². The molecule has 0 atom stereocenters. The number of hydrogen-bond donors (Lipinski definition) is 1. The van der Waals surface area contributed by atoms with Crippen molar-refractivity contribution in [3.05, 3.63) is 75.0 Å². The van der Waals surface area contributed by atoms with Crippen LogP contribution in [0.25, 0.3) is 10.9 Å². The molecule has 158 valence electrons. The van der Waals surface area contributed by atoms with Gasteiger partial charge in [-0.15, -0.1) is 0 Å². The minimum Gasteiger partial charge on any atom is -0.493 e. The van der Waals surface area contributed by atoms with Gasteiger partial charge in [0.2, 0.25) is 5.56 Å². The number of rotatable bonds is 7. The maximum atomic E-state index is 11.7. The van der Waals surface area contributed by atoms with E-state index >= 15 is 0 Å². The van der Waals surface area contributed by atoms with Gasteiger partial charge in [-0.2, -0.15) is 0 Å². The van der Waals surface area contributed by atoms with Gasteiger partial charge in [-0.3, -0.25) is 9.69 Å². The van der Waals surface area contributed by atoms with Gasteiger partial charge < -0.3 is 14.6 Å². The fourth-order valence-corrected chi connectivity index (χ4v) is 4.13. The average Bonchev–Trinajstić information content (AvgIpc) is 2.73. The van der Waals surface area contributed by atoms with E-state index < -0.39 is 0 Å². The van der Waals surface area contributed by atoms with Crippen LogP contribution in [0.5, 0.6) is 5.75 Å². The van der Waals surface area contributed by atoms with Crippen molar-refractivity contribution in [1.29, 1.82) is 0 Å². The lowest BCUT2D eigenvalue weighted by Gasteiger charge is -2.34. The number of piperazine rings is 1. The van der Waals surface area contributed by atoms with Gasteiger partial charge in [0.25, 0.3) is 0 Å². The minimum absolute atomic E-state index is 0.0765. The van der Waals surface area contributed by atoms with Crippen molar-refractivity contribution < 1.29 is 4.74 Å². The number of pyridine rings is 1. The maximum absolute atomic E-state index is 11.7. The molecule has 0 unspecified atom stereocenters. The van der Waals surface area contributed by atoms with Crippen LogP contribution >= 0.6 is 11.6 Å². The van der Waals surface area contributed by atoms with Crippen LogP contribution in [-0.2, 0) is 6.54 Å². The molecule has 0 bridgehead atoms. The van der Waals surface area contributed by atoms with Crippen molar-refractivity contribution >= 4 is 22.5 Å². The van der Waals surface area contributed by atoms with Gasteiger partial charge in [-0.1, -0.05) is 23.7 Å². The maximum Gasteiger partial charge on any atom is 0.248 e. The summed E-state index contributed by atoms with van der Waals surface area (Å²) < 4.78 is 5.92. The van der Waals surface area contributed by atoms with E-state index in [1.54, 1.807) is 6.07 Å². The zero-order chi connectivity index (χ0) is 20.9. The Morgan fingerprint density at radius 3 is 2.50 bits per heavy atom. The number of nitrogens with one attached hydrogen (secondary N) is 1. The van der Waals surface area contributed by atoms with Crippen LogP contribution in [0.15, 0.2) is 53.3 Å². The predicted octanol–water partition coefficient (Wildman–Crippen LogP) is 4.08. The molecular formula is C24H28ClN3O2. The molecule has 1 fully saturated rings. The number of aromatic nitrogens is 1. The lowest BCUT2D eigenvalue weighted by atomic mass is 10.1. The molecule has 3 aromatic rings. The van der Waals surface area contributed by atoms with Gasteiger partial charge in [0.05, 0.1) is 12.1 Å². The lowest BCUT2D eigenvalue weighted by molar-refractivity contribution is 0.121. The Morgan fingerprint density at radius 1 is 1.00 bits per heavy atom. The van der Waals surface area contributed by atoms with E-state index in [1.807, 2.05) is 37.3 Å². The molecule has 5 nitrogen and oxygen atoms in total. The summed E-state index contributed by atoms with van der Waals surface area (Å²) in [5, 5.41) is 1.84. The Bertz CT molecular complexity index is 1040. The van der Waals surface area contributed by atoms with Crippen LogP contribution in [0, 0.1) is 6.92 Å². The van der Waals surface area contributed by atoms with E-state index in [0.29, 0.717) is 6.61 Å². The van der Waals surface area contributed by atoms with E-state index in [2.05, 4.69) is 26.9 Å². The average molecular weight is 426 g/mol. The zero-order valence-electron chi connectivity index (χ0n) is 17.4. The number of hydrogen-bond acceptors (Lipinski definition) is 4. The summed E-state index contributed by atoms with van der Waals surface area (Å²) in [6.07, 6.45) is 0.986. The van der Waals surface area contributed by atoms with Crippen molar-refractivity contribution in [2.24, 2.45) is 0 Å². The number of H-pyrrole nitrogens is 1. The third-order valence-electron chi connectivity index (χ3n) is 5.69. The van der Waals surface area contributed by atoms with Crippen molar-refractivity contribution in [3.8, 4) is 5.75 Å². The molecule has 0 amide bonds. The van der Waals surface area contributed by atoms with E-state index in [9.17, 15) is 4.79 Å². The first kappa shape index (κ1) is 20.9. The summed E-state index contributed by atoms with van der Waals surface area (Å²) in [6.45, 7) is 8.99. The van der Waals surface area contributed by atoms with Gasteiger partial charge in [-0.05, 0) is 48.7 Å². The topological polar surface area (TPSA) is 48.6 Å². The third kappa shape index (κ3) is 5.42. The zero-order valence-corrected chi connectivity index (χ0v) is 18.1. The normalized spacial score (nSPS) is 15.5. The van der Waals surface area contributed by atoms with E-state index in [0.717, 1.165) is 72.9 Å².